The van der Waals surface area contributed by atoms with Crippen LogP contribution in [-0.2, 0) is 22.6 Å². The molecule has 1 aromatic carbocycles. The van der Waals surface area contributed by atoms with Crippen LogP contribution in [0.15, 0.2) is 64.6 Å². The molecule has 1 fully saturated rings. The van der Waals surface area contributed by atoms with Crippen LogP contribution in [-0.4, -0.2) is 29.4 Å². The second-order valence-electron chi connectivity index (χ2n) is 8.61. The molecule has 3 aromatic rings. The van der Waals surface area contributed by atoms with Gasteiger partial charge < -0.3 is 19.4 Å². The van der Waals surface area contributed by atoms with E-state index in [1.54, 1.807) is 28.6 Å². The van der Waals surface area contributed by atoms with Crippen LogP contribution in [0.3, 0.4) is 0 Å². The third-order valence-electron chi connectivity index (χ3n) is 6.15. The third-order valence-corrected chi connectivity index (χ3v) is 7.03. The molecule has 0 radical (unpaired) electrons. The van der Waals surface area contributed by atoms with Crippen LogP contribution in [0, 0.1) is 0 Å². The molecular formula is C27H32N2O4S. The molecule has 0 spiro atoms. The van der Waals surface area contributed by atoms with Crippen LogP contribution in [0.25, 0.3) is 0 Å². The lowest BCUT2D eigenvalue weighted by atomic mass is 9.94. The van der Waals surface area contributed by atoms with Gasteiger partial charge in [0, 0.05) is 10.9 Å². The van der Waals surface area contributed by atoms with Crippen molar-refractivity contribution in [3.05, 3.63) is 76.4 Å². The molecule has 1 N–H and O–H groups in total. The predicted molar refractivity (Wildman–Crippen MR) is 133 cm³/mol. The van der Waals surface area contributed by atoms with Gasteiger partial charge in [-0.25, -0.2) is 0 Å². The van der Waals surface area contributed by atoms with Crippen molar-refractivity contribution in [2.24, 2.45) is 0 Å². The number of amides is 2. The van der Waals surface area contributed by atoms with Gasteiger partial charge in [-0.1, -0.05) is 37.5 Å². The van der Waals surface area contributed by atoms with E-state index in [0.717, 1.165) is 41.9 Å². The summed E-state index contributed by atoms with van der Waals surface area (Å²) >= 11 is 1.54. The van der Waals surface area contributed by atoms with E-state index in [2.05, 4.69) is 5.32 Å². The Balaban J connectivity index is 1.66. The molecule has 34 heavy (non-hydrogen) atoms. The summed E-state index contributed by atoms with van der Waals surface area (Å²) in [5.41, 5.74) is 0.753. The minimum atomic E-state index is -0.768. The maximum absolute atomic E-state index is 13.7. The Morgan fingerprint density at radius 3 is 2.56 bits per heavy atom. The molecule has 0 saturated heterocycles. The molecule has 6 nitrogen and oxygen atoms in total. The van der Waals surface area contributed by atoms with Crippen molar-refractivity contribution in [3.8, 4) is 5.75 Å². The number of furan rings is 1. The van der Waals surface area contributed by atoms with E-state index in [9.17, 15) is 9.59 Å². The Labute approximate surface area is 204 Å². The summed E-state index contributed by atoms with van der Waals surface area (Å²) in [5.74, 6) is 1.11. The van der Waals surface area contributed by atoms with E-state index in [1.165, 1.54) is 6.42 Å². The van der Waals surface area contributed by atoms with Gasteiger partial charge in [-0.15, -0.1) is 11.3 Å². The molecule has 4 rings (SSSR count). The first-order chi connectivity index (χ1) is 16.6. The Hall–Kier alpha value is -3.06. The molecule has 2 aromatic heterocycles. The smallest absolute Gasteiger partial charge is 0.247 e. The van der Waals surface area contributed by atoms with E-state index in [1.807, 2.05) is 54.8 Å². The average molecular weight is 481 g/mol. The molecule has 2 heterocycles. The zero-order valence-corrected chi connectivity index (χ0v) is 20.4. The first-order valence-corrected chi connectivity index (χ1v) is 12.9. The van der Waals surface area contributed by atoms with E-state index in [4.69, 9.17) is 9.15 Å². The minimum Gasteiger partial charge on any atom is -0.494 e. The van der Waals surface area contributed by atoms with Gasteiger partial charge in [0.2, 0.25) is 11.8 Å². The van der Waals surface area contributed by atoms with Gasteiger partial charge in [-0.2, -0.15) is 0 Å². The Morgan fingerprint density at radius 1 is 1.12 bits per heavy atom. The second-order valence-corrected chi connectivity index (χ2v) is 9.64. The zero-order chi connectivity index (χ0) is 23.8. The molecule has 7 heteroatoms. The van der Waals surface area contributed by atoms with Crippen molar-refractivity contribution in [1.29, 1.82) is 0 Å². The maximum Gasteiger partial charge on any atom is 0.247 e. The van der Waals surface area contributed by atoms with Crippen molar-refractivity contribution >= 4 is 23.2 Å². The van der Waals surface area contributed by atoms with Crippen molar-refractivity contribution in [3.63, 3.8) is 0 Å². The fraction of sp³-hybridized carbons (Fsp3) is 0.407. The summed E-state index contributed by atoms with van der Waals surface area (Å²) in [6.45, 7) is 2.71. The molecule has 1 aliphatic carbocycles. The third kappa shape index (κ3) is 6.29. The second kappa shape index (κ2) is 11.9. The molecule has 0 aliphatic heterocycles. The van der Waals surface area contributed by atoms with Crippen molar-refractivity contribution in [2.75, 3.05) is 6.61 Å². The first kappa shape index (κ1) is 24.1. The first-order valence-electron chi connectivity index (χ1n) is 12.0. The van der Waals surface area contributed by atoms with E-state index < -0.39 is 6.04 Å². The highest BCUT2D eigenvalue weighted by Crippen LogP contribution is 2.28. The van der Waals surface area contributed by atoms with Gasteiger partial charge >= 0.3 is 0 Å². The summed E-state index contributed by atoms with van der Waals surface area (Å²) in [6, 6.07) is 14.4. The summed E-state index contributed by atoms with van der Waals surface area (Å²) in [4.78, 5) is 29.9. The number of benzene rings is 1. The normalized spacial score (nSPS) is 15.0. The molecule has 2 amide bonds. The summed E-state index contributed by atoms with van der Waals surface area (Å²) in [6.07, 6.45) is 7.22. The van der Waals surface area contributed by atoms with Gasteiger partial charge in [-0.3, -0.25) is 9.59 Å². The summed E-state index contributed by atoms with van der Waals surface area (Å²) < 4.78 is 11.2. The number of nitrogens with one attached hydrogen (secondary N) is 1. The van der Waals surface area contributed by atoms with Crippen LogP contribution in [0.2, 0.25) is 0 Å². The maximum atomic E-state index is 13.7. The number of carbonyl (C=O) groups excluding carboxylic acids is 2. The van der Waals surface area contributed by atoms with Crippen molar-refractivity contribution in [2.45, 2.75) is 64.1 Å². The number of rotatable bonds is 10. The molecule has 0 unspecified atom stereocenters. The van der Waals surface area contributed by atoms with Crippen LogP contribution in [0.4, 0.5) is 0 Å². The number of hydrogen-bond acceptors (Lipinski definition) is 5. The van der Waals surface area contributed by atoms with Gasteiger partial charge in [-0.05, 0) is 61.0 Å². The molecule has 0 bridgehead atoms. The monoisotopic (exact) mass is 480 g/mol. The largest absolute Gasteiger partial charge is 0.494 e. The molecule has 180 valence electrons. The lowest BCUT2D eigenvalue weighted by molar-refractivity contribution is -0.141. The van der Waals surface area contributed by atoms with E-state index in [0.29, 0.717) is 12.4 Å². The van der Waals surface area contributed by atoms with Crippen molar-refractivity contribution < 1.29 is 18.7 Å². The van der Waals surface area contributed by atoms with E-state index >= 15 is 0 Å². The van der Waals surface area contributed by atoms with Gasteiger partial charge in [0.05, 0.1) is 25.8 Å². The molecule has 1 aliphatic rings. The highest BCUT2D eigenvalue weighted by Gasteiger charge is 2.33. The number of hydrogen-bond donors (Lipinski definition) is 1. The summed E-state index contributed by atoms with van der Waals surface area (Å²) in [5, 5.41) is 5.20. The Bertz CT molecular complexity index is 1030. The molecule has 1 saturated carbocycles. The summed E-state index contributed by atoms with van der Waals surface area (Å²) in [7, 11) is 0. The lowest BCUT2D eigenvalue weighted by Crippen LogP contribution is -2.47. The Morgan fingerprint density at radius 2 is 1.91 bits per heavy atom. The zero-order valence-electron chi connectivity index (χ0n) is 19.6. The topological polar surface area (TPSA) is 71.8 Å². The van der Waals surface area contributed by atoms with Gasteiger partial charge in [0.25, 0.3) is 0 Å². The SMILES string of the molecule is CCOc1ccc([C@H](C(=O)NC2CCCCC2)N(Cc2ccco2)C(=O)Cc2cccs2)cc1. The lowest BCUT2D eigenvalue weighted by Gasteiger charge is -2.33. The van der Waals surface area contributed by atoms with Crippen LogP contribution >= 0.6 is 11.3 Å². The molecular weight excluding hydrogens is 448 g/mol. The fourth-order valence-electron chi connectivity index (χ4n) is 4.47. The van der Waals surface area contributed by atoms with Gasteiger partial charge in [0.1, 0.15) is 17.6 Å². The fourth-order valence-corrected chi connectivity index (χ4v) is 5.17. The van der Waals surface area contributed by atoms with Gasteiger partial charge in [0.15, 0.2) is 0 Å². The number of thiophene rings is 1. The number of carbonyl (C=O) groups is 2. The van der Waals surface area contributed by atoms with Crippen LogP contribution in [0.5, 0.6) is 5.75 Å². The predicted octanol–water partition coefficient (Wildman–Crippen LogP) is 5.50. The van der Waals surface area contributed by atoms with Crippen molar-refractivity contribution in [1.82, 2.24) is 10.2 Å². The highest BCUT2D eigenvalue weighted by molar-refractivity contribution is 7.10. The Kier molecular flexibility index (Phi) is 8.41. The highest BCUT2D eigenvalue weighted by atomic mass is 32.1. The number of ether oxygens (including phenoxy) is 1. The average Bonchev–Trinajstić information content (AvgIpc) is 3.55. The molecule has 1 atom stereocenters. The van der Waals surface area contributed by atoms with Crippen LogP contribution < -0.4 is 10.1 Å². The number of nitrogens with zero attached hydrogens (tertiary/aromatic N) is 1. The minimum absolute atomic E-state index is 0.114. The quantitative estimate of drug-likeness (QED) is 0.416. The van der Waals surface area contributed by atoms with E-state index in [-0.39, 0.29) is 30.8 Å². The van der Waals surface area contributed by atoms with Crippen LogP contribution in [0.1, 0.15) is 61.3 Å². The standard InChI is InChI=1S/C27H32N2O4S/c1-2-32-22-14-12-20(13-15-22)26(27(31)28-21-8-4-3-5-9-21)29(19-23-10-6-16-33-23)25(30)18-24-11-7-17-34-24/h6-7,10-17,21,26H,2-5,8-9,18-19H2,1H3,(H,28,31)/t26-/m1/s1.